The van der Waals surface area contributed by atoms with Crippen LogP contribution in [0.1, 0.15) is 34.5 Å². The second kappa shape index (κ2) is 12.7. The van der Waals surface area contributed by atoms with E-state index in [0.717, 1.165) is 5.56 Å². The first-order chi connectivity index (χ1) is 18.9. The number of hydrogen-bond acceptors (Lipinski definition) is 7. The number of nitrogens with one attached hydrogen (secondary N) is 2. The molecule has 2 aromatic carbocycles. The average molecular weight is 541 g/mol. The number of rotatable bonds is 9. The average Bonchev–Trinajstić information content (AvgIpc) is 2.93. The number of hydrogen-bond donors (Lipinski definition) is 2. The Kier molecular flexibility index (Phi) is 9.15. The number of benzene rings is 2. The molecule has 3 amide bonds. The number of ether oxygens (including phenoxy) is 3. The molecule has 208 valence electrons. The minimum absolute atomic E-state index is 0.0408. The molecular weight excluding hydrogens is 507 g/mol. The first kappa shape index (κ1) is 28.1. The summed E-state index contributed by atoms with van der Waals surface area (Å²) in [7, 11) is 3.14. The molecular formula is C28H33FN4O6. The number of esters is 1. The highest BCUT2D eigenvalue weighted by atomic mass is 19.1. The second-order valence-electron chi connectivity index (χ2n) is 9.20. The SMILES string of the molecule is CCOC(=O)C1=C(CN2CCN(C(=O)c3ccccc3F)CC2)NC(=O)NC1c1ccc(OC)c(COC)c1. The van der Waals surface area contributed by atoms with Gasteiger partial charge in [-0.15, -0.1) is 0 Å². The van der Waals surface area contributed by atoms with Crippen molar-refractivity contribution in [1.82, 2.24) is 20.4 Å². The van der Waals surface area contributed by atoms with Crippen LogP contribution in [0.25, 0.3) is 0 Å². The van der Waals surface area contributed by atoms with Gasteiger partial charge in [-0.25, -0.2) is 14.0 Å². The Bertz CT molecular complexity index is 1260. The van der Waals surface area contributed by atoms with Crippen molar-refractivity contribution in [3.05, 3.63) is 76.2 Å². The second-order valence-corrected chi connectivity index (χ2v) is 9.20. The molecule has 0 radical (unpaired) electrons. The summed E-state index contributed by atoms with van der Waals surface area (Å²) in [6.07, 6.45) is 0. The van der Waals surface area contributed by atoms with Crippen molar-refractivity contribution in [2.24, 2.45) is 0 Å². The van der Waals surface area contributed by atoms with Gasteiger partial charge in [-0.05, 0) is 36.8 Å². The van der Waals surface area contributed by atoms with Crippen LogP contribution in [0.3, 0.4) is 0 Å². The van der Waals surface area contributed by atoms with Crippen LogP contribution in [0, 0.1) is 5.82 Å². The van der Waals surface area contributed by atoms with Crippen molar-refractivity contribution in [2.45, 2.75) is 19.6 Å². The summed E-state index contributed by atoms with van der Waals surface area (Å²) in [5.41, 5.74) is 2.22. The molecule has 0 aromatic heterocycles. The highest BCUT2D eigenvalue weighted by Gasteiger charge is 2.35. The van der Waals surface area contributed by atoms with Crippen LogP contribution < -0.4 is 15.4 Å². The maximum Gasteiger partial charge on any atom is 0.338 e. The van der Waals surface area contributed by atoms with Gasteiger partial charge in [0.05, 0.1) is 37.5 Å². The van der Waals surface area contributed by atoms with Gasteiger partial charge >= 0.3 is 12.0 Å². The van der Waals surface area contributed by atoms with E-state index in [1.165, 1.54) is 12.1 Å². The van der Waals surface area contributed by atoms with Gasteiger partial charge in [0.2, 0.25) is 0 Å². The van der Waals surface area contributed by atoms with Gasteiger partial charge in [0.1, 0.15) is 11.6 Å². The summed E-state index contributed by atoms with van der Waals surface area (Å²) in [5, 5.41) is 5.63. The molecule has 2 aliphatic rings. The summed E-state index contributed by atoms with van der Waals surface area (Å²) in [4.78, 5) is 42.3. The minimum Gasteiger partial charge on any atom is -0.496 e. The molecule has 1 saturated heterocycles. The molecule has 10 nitrogen and oxygen atoms in total. The Balaban J connectivity index is 1.57. The molecule has 0 saturated carbocycles. The van der Waals surface area contributed by atoms with Crippen LogP contribution in [0.2, 0.25) is 0 Å². The van der Waals surface area contributed by atoms with E-state index in [1.54, 1.807) is 50.3 Å². The molecule has 1 atom stereocenters. The van der Waals surface area contributed by atoms with Crippen LogP contribution in [-0.4, -0.2) is 81.3 Å². The fraction of sp³-hybridized carbons (Fsp3) is 0.393. The van der Waals surface area contributed by atoms with Crippen molar-refractivity contribution in [3.63, 3.8) is 0 Å². The van der Waals surface area contributed by atoms with Crippen molar-refractivity contribution < 1.29 is 33.0 Å². The summed E-state index contributed by atoms with van der Waals surface area (Å²) in [5.74, 6) is -0.821. The number of halogens is 1. The standard InChI is InChI=1S/C28H33FN4O6/c1-4-39-27(35)24-22(16-32-11-13-33(14-12-32)26(34)20-7-5-6-8-21(20)29)30-28(36)31-25(24)18-9-10-23(38-3)19(15-18)17-37-2/h5-10,15,25H,4,11-14,16-17H2,1-3H3,(H2,30,31,36). The summed E-state index contributed by atoms with van der Waals surface area (Å²) < 4.78 is 30.2. The zero-order valence-corrected chi connectivity index (χ0v) is 22.3. The predicted octanol–water partition coefficient (Wildman–Crippen LogP) is 2.61. The van der Waals surface area contributed by atoms with E-state index in [1.807, 2.05) is 11.0 Å². The fourth-order valence-electron chi connectivity index (χ4n) is 4.83. The van der Waals surface area contributed by atoms with Crippen molar-refractivity contribution in [1.29, 1.82) is 0 Å². The van der Waals surface area contributed by atoms with E-state index in [2.05, 4.69) is 10.6 Å². The fourth-order valence-corrected chi connectivity index (χ4v) is 4.83. The predicted molar refractivity (Wildman–Crippen MR) is 141 cm³/mol. The highest BCUT2D eigenvalue weighted by molar-refractivity contribution is 5.95. The summed E-state index contributed by atoms with van der Waals surface area (Å²) in [6.45, 7) is 4.16. The van der Waals surface area contributed by atoms with Gasteiger partial charge in [0.15, 0.2) is 0 Å². The molecule has 4 rings (SSSR count). The van der Waals surface area contributed by atoms with E-state index in [-0.39, 0.29) is 31.2 Å². The molecule has 2 N–H and O–H groups in total. The van der Waals surface area contributed by atoms with E-state index < -0.39 is 23.9 Å². The minimum atomic E-state index is -0.752. The largest absolute Gasteiger partial charge is 0.496 e. The Labute approximate surface area is 226 Å². The summed E-state index contributed by atoms with van der Waals surface area (Å²) in [6, 6.07) is 10.1. The van der Waals surface area contributed by atoms with Crippen molar-refractivity contribution >= 4 is 17.9 Å². The molecule has 2 heterocycles. The molecule has 1 unspecified atom stereocenters. The lowest BCUT2D eigenvalue weighted by Crippen LogP contribution is -2.52. The Morgan fingerprint density at radius 2 is 1.82 bits per heavy atom. The molecule has 0 spiro atoms. The molecule has 0 aliphatic carbocycles. The zero-order valence-electron chi connectivity index (χ0n) is 22.3. The van der Waals surface area contributed by atoms with Crippen LogP contribution in [0.4, 0.5) is 9.18 Å². The smallest absolute Gasteiger partial charge is 0.338 e. The number of amides is 3. The maximum atomic E-state index is 14.1. The maximum absolute atomic E-state index is 14.1. The van der Waals surface area contributed by atoms with Gasteiger partial charge < -0.3 is 29.7 Å². The number of methoxy groups -OCH3 is 2. The zero-order chi connectivity index (χ0) is 27.9. The monoisotopic (exact) mass is 540 g/mol. The van der Waals surface area contributed by atoms with Crippen molar-refractivity contribution in [2.75, 3.05) is 53.6 Å². The Morgan fingerprint density at radius 3 is 2.49 bits per heavy atom. The molecule has 2 aromatic rings. The molecule has 0 bridgehead atoms. The third-order valence-electron chi connectivity index (χ3n) is 6.73. The molecule has 2 aliphatic heterocycles. The van der Waals surface area contributed by atoms with Crippen LogP contribution in [-0.2, 0) is 20.9 Å². The summed E-state index contributed by atoms with van der Waals surface area (Å²) >= 11 is 0. The van der Waals surface area contributed by atoms with Crippen molar-refractivity contribution in [3.8, 4) is 5.75 Å². The van der Waals surface area contributed by atoms with E-state index in [0.29, 0.717) is 48.8 Å². The van der Waals surface area contributed by atoms with Gasteiger partial charge in [-0.2, -0.15) is 0 Å². The topological polar surface area (TPSA) is 109 Å². The number of piperazine rings is 1. The quantitative estimate of drug-likeness (QED) is 0.471. The van der Waals surface area contributed by atoms with Gasteiger partial charge in [0.25, 0.3) is 5.91 Å². The van der Waals surface area contributed by atoms with Gasteiger partial charge in [-0.3, -0.25) is 9.69 Å². The van der Waals surface area contributed by atoms with Gasteiger partial charge in [-0.1, -0.05) is 18.2 Å². The third kappa shape index (κ3) is 6.37. The highest BCUT2D eigenvalue weighted by Crippen LogP contribution is 2.32. The van der Waals surface area contributed by atoms with Crippen LogP contribution >= 0.6 is 0 Å². The number of nitrogens with zero attached hydrogens (tertiary/aromatic N) is 2. The Morgan fingerprint density at radius 1 is 1.08 bits per heavy atom. The van der Waals surface area contributed by atoms with E-state index in [4.69, 9.17) is 14.2 Å². The van der Waals surface area contributed by atoms with Gasteiger partial charge in [0, 0.05) is 51.1 Å². The number of carbonyl (C=O) groups is 3. The first-order valence-corrected chi connectivity index (χ1v) is 12.8. The Hall–Kier alpha value is -3.96. The lowest BCUT2D eigenvalue weighted by molar-refractivity contribution is -0.139. The normalized spacial score (nSPS) is 17.9. The van der Waals surface area contributed by atoms with Crippen LogP contribution in [0.15, 0.2) is 53.7 Å². The first-order valence-electron chi connectivity index (χ1n) is 12.8. The lowest BCUT2D eigenvalue weighted by atomic mass is 9.93. The van der Waals surface area contributed by atoms with E-state index >= 15 is 0 Å². The number of carbonyl (C=O) groups excluding carboxylic acids is 3. The number of urea groups is 1. The van der Waals surface area contributed by atoms with E-state index in [9.17, 15) is 18.8 Å². The van der Waals surface area contributed by atoms with Crippen LogP contribution in [0.5, 0.6) is 5.75 Å². The third-order valence-corrected chi connectivity index (χ3v) is 6.73. The molecule has 1 fully saturated rings. The lowest BCUT2D eigenvalue weighted by Gasteiger charge is -2.37. The molecule has 39 heavy (non-hydrogen) atoms. The molecule has 11 heteroatoms.